The smallest absolute Gasteiger partial charge is 0.302 e. The maximum Gasteiger partial charge on any atom is 0.398 e. The van der Waals surface area contributed by atoms with E-state index in [0.717, 1.165) is 43.7 Å². The van der Waals surface area contributed by atoms with Crippen molar-refractivity contribution in [3.8, 4) is 0 Å². The average Bonchev–Trinajstić information content (AvgIpc) is 2.61. The molecular formula is C16H25F4N. The van der Waals surface area contributed by atoms with Crippen LogP contribution >= 0.6 is 0 Å². The van der Waals surface area contributed by atoms with E-state index >= 15 is 0 Å². The molecule has 0 aliphatic heterocycles. The molecule has 0 spiro atoms. The third-order valence-corrected chi connectivity index (χ3v) is 2.96. The number of rotatable bonds is 5. The maximum atomic E-state index is 13.7. The van der Waals surface area contributed by atoms with E-state index in [1.54, 1.807) is 7.05 Å². The zero-order chi connectivity index (χ0) is 16.5. The Morgan fingerprint density at radius 1 is 1.24 bits per heavy atom. The van der Waals surface area contributed by atoms with Crippen molar-refractivity contribution in [2.45, 2.75) is 39.8 Å². The molecule has 0 saturated carbocycles. The van der Waals surface area contributed by atoms with E-state index in [1.807, 2.05) is 25.7 Å². The van der Waals surface area contributed by atoms with Crippen LogP contribution in [-0.4, -0.2) is 31.2 Å². The minimum Gasteiger partial charge on any atom is -0.302 e. The first-order valence-corrected chi connectivity index (χ1v) is 7.35. The second kappa shape index (κ2) is 9.77. The summed E-state index contributed by atoms with van der Waals surface area (Å²) in [6, 6.07) is 0. The topological polar surface area (TPSA) is 3.24 Å². The molecule has 0 heterocycles. The summed E-state index contributed by atoms with van der Waals surface area (Å²) in [4.78, 5) is 1.83. The maximum absolute atomic E-state index is 13.7. The summed E-state index contributed by atoms with van der Waals surface area (Å²) in [5, 5.41) is 0. The molecule has 1 nitrogen and oxygen atoms in total. The average molecular weight is 307 g/mol. The fraction of sp³-hybridized carbons (Fsp3) is 0.625. The first-order valence-electron chi connectivity index (χ1n) is 7.35. The van der Waals surface area contributed by atoms with Crippen LogP contribution in [0.15, 0.2) is 35.7 Å². The highest BCUT2D eigenvalue weighted by molar-refractivity contribution is 5.34. The van der Waals surface area contributed by atoms with E-state index in [0.29, 0.717) is 0 Å². The molecule has 1 aliphatic rings. The van der Waals surface area contributed by atoms with Gasteiger partial charge in [0.25, 0.3) is 0 Å². The van der Waals surface area contributed by atoms with E-state index in [-0.39, 0.29) is 12.1 Å². The van der Waals surface area contributed by atoms with Crippen LogP contribution in [0, 0.1) is 5.92 Å². The largest absolute Gasteiger partial charge is 0.398 e. The molecule has 0 amide bonds. The zero-order valence-corrected chi connectivity index (χ0v) is 13.2. The number of allylic oxidation sites excluding steroid dienone is 4. The van der Waals surface area contributed by atoms with Gasteiger partial charge in [-0.1, -0.05) is 45.4 Å². The summed E-state index contributed by atoms with van der Waals surface area (Å²) in [5.41, 5.74) is 0.103. The Kier molecular flexibility index (Phi) is 9.26. The lowest BCUT2D eigenvalue weighted by atomic mass is 10.1. The molecule has 1 unspecified atom stereocenters. The Balaban J connectivity index is 0.00000191. The number of likely N-dealkylation sites (N-methyl/N-ethyl adjacent to an activating group) is 1. The van der Waals surface area contributed by atoms with E-state index in [1.165, 1.54) is 0 Å². The van der Waals surface area contributed by atoms with Gasteiger partial charge in [0, 0.05) is 6.54 Å². The number of unbranched alkanes of at least 4 members (excludes halogenated alkanes) is 1. The number of alkyl halides is 3. The highest BCUT2D eigenvalue weighted by Gasteiger charge is 2.37. The molecule has 0 fully saturated rings. The summed E-state index contributed by atoms with van der Waals surface area (Å²) in [6.45, 7) is 6.96. The van der Waals surface area contributed by atoms with Gasteiger partial charge in [0.05, 0.1) is 5.92 Å². The lowest BCUT2D eigenvalue weighted by Crippen LogP contribution is -2.24. The van der Waals surface area contributed by atoms with E-state index in [2.05, 4.69) is 0 Å². The van der Waals surface area contributed by atoms with Gasteiger partial charge in [-0.3, -0.25) is 0 Å². The minimum absolute atomic E-state index is 0.103. The highest BCUT2D eigenvalue weighted by Crippen LogP contribution is 2.32. The predicted octanol–water partition coefficient (Wildman–Crippen LogP) is 5.27. The van der Waals surface area contributed by atoms with Gasteiger partial charge < -0.3 is 4.90 Å². The van der Waals surface area contributed by atoms with Gasteiger partial charge >= 0.3 is 6.18 Å². The highest BCUT2D eigenvalue weighted by atomic mass is 19.4. The van der Waals surface area contributed by atoms with Crippen LogP contribution in [0.3, 0.4) is 0 Å². The van der Waals surface area contributed by atoms with Crippen LogP contribution in [-0.2, 0) is 0 Å². The normalized spacial score (nSPS) is 18.6. The molecule has 5 heteroatoms. The molecule has 1 rings (SSSR count). The molecular weight excluding hydrogens is 282 g/mol. The predicted molar refractivity (Wildman–Crippen MR) is 79.7 cm³/mol. The van der Waals surface area contributed by atoms with Gasteiger partial charge in [-0.25, -0.2) is 4.39 Å². The Hall–Kier alpha value is -1.10. The monoisotopic (exact) mass is 307 g/mol. The third-order valence-electron chi connectivity index (χ3n) is 2.96. The molecule has 0 radical (unpaired) electrons. The minimum atomic E-state index is -4.37. The van der Waals surface area contributed by atoms with Crippen molar-refractivity contribution in [1.29, 1.82) is 0 Å². The number of hydrogen-bond acceptors (Lipinski definition) is 1. The van der Waals surface area contributed by atoms with Crippen molar-refractivity contribution in [3.05, 3.63) is 35.7 Å². The van der Waals surface area contributed by atoms with Gasteiger partial charge in [0.1, 0.15) is 5.83 Å². The summed E-state index contributed by atoms with van der Waals surface area (Å²) in [6.07, 6.45) is 1.72. The Bertz CT molecular complexity index is 380. The first-order chi connectivity index (χ1) is 9.84. The molecule has 0 aromatic rings. The van der Waals surface area contributed by atoms with Crippen molar-refractivity contribution in [1.82, 2.24) is 4.90 Å². The molecule has 0 saturated heterocycles. The van der Waals surface area contributed by atoms with E-state index in [9.17, 15) is 17.6 Å². The van der Waals surface area contributed by atoms with Crippen LogP contribution in [0.2, 0.25) is 0 Å². The van der Waals surface area contributed by atoms with Crippen molar-refractivity contribution < 1.29 is 17.6 Å². The number of halogens is 4. The van der Waals surface area contributed by atoms with Gasteiger partial charge in [-0.05, 0) is 31.7 Å². The summed E-state index contributed by atoms with van der Waals surface area (Å²) in [5.74, 6) is -2.31. The molecule has 0 N–H and O–H groups in total. The molecule has 0 aromatic carbocycles. The van der Waals surface area contributed by atoms with Crippen LogP contribution in [0.1, 0.15) is 33.6 Å². The second-order valence-electron chi connectivity index (χ2n) is 4.75. The summed E-state index contributed by atoms with van der Waals surface area (Å²) >= 11 is 0. The SMILES string of the molecule is CC.CCCCN(C)CC1=CC(C(F)(F)F)C=CC=C1F. The van der Waals surface area contributed by atoms with Crippen LogP contribution in [0.25, 0.3) is 0 Å². The number of hydrogen-bond donors (Lipinski definition) is 0. The lowest BCUT2D eigenvalue weighted by Gasteiger charge is -2.19. The van der Waals surface area contributed by atoms with Crippen molar-refractivity contribution >= 4 is 0 Å². The van der Waals surface area contributed by atoms with Gasteiger partial charge in [0.15, 0.2) is 0 Å². The Morgan fingerprint density at radius 3 is 2.38 bits per heavy atom. The molecule has 1 atom stereocenters. The van der Waals surface area contributed by atoms with Crippen LogP contribution in [0.4, 0.5) is 17.6 Å². The Labute approximate surface area is 125 Å². The number of nitrogens with zero attached hydrogens (tertiary/aromatic N) is 1. The molecule has 122 valence electrons. The van der Waals surface area contributed by atoms with E-state index in [4.69, 9.17) is 0 Å². The molecule has 0 bridgehead atoms. The standard InChI is InChI=1S/C14H19F4N.C2H6/c1-3-4-8-19(2)10-11-9-12(14(16,17)18)6-5-7-13(11)15;1-2/h5-7,9,12H,3-4,8,10H2,1-2H3;1-2H3. The van der Waals surface area contributed by atoms with Crippen molar-refractivity contribution in [2.24, 2.45) is 5.92 Å². The molecule has 1 aliphatic carbocycles. The quantitative estimate of drug-likeness (QED) is 0.625. The van der Waals surface area contributed by atoms with Crippen molar-refractivity contribution in [2.75, 3.05) is 20.1 Å². The van der Waals surface area contributed by atoms with Gasteiger partial charge in [0.2, 0.25) is 0 Å². The van der Waals surface area contributed by atoms with Crippen LogP contribution < -0.4 is 0 Å². The molecule has 21 heavy (non-hydrogen) atoms. The summed E-state index contributed by atoms with van der Waals surface area (Å²) < 4.78 is 51.8. The van der Waals surface area contributed by atoms with Gasteiger partial charge in [-0.2, -0.15) is 13.2 Å². The fourth-order valence-corrected chi connectivity index (χ4v) is 1.85. The van der Waals surface area contributed by atoms with Crippen molar-refractivity contribution in [3.63, 3.8) is 0 Å². The first kappa shape index (κ1) is 19.9. The lowest BCUT2D eigenvalue weighted by molar-refractivity contribution is -0.148. The van der Waals surface area contributed by atoms with E-state index < -0.39 is 17.9 Å². The third kappa shape index (κ3) is 7.46. The second-order valence-corrected chi connectivity index (χ2v) is 4.75. The van der Waals surface area contributed by atoms with Crippen LogP contribution in [0.5, 0.6) is 0 Å². The van der Waals surface area contributed by atoms with Gasteiger partial charge in [-0.15, -0.1) is 0 Å². The fourth-order valence-electron chi connectivity index (χ4n) is 1.85. The summed E-state index contributed by atoms with van der Waals surface area (Å²) in [7, 11) is 1.78. The Morgan fingerprint density at radius 2 is 1.86 bits per heavy atom. The zero-order valence-electron chi connectivity index (χ0n) is 13.2. The molecule has 0 aromatic heterocycles.